The molecule has 0 amide bonds. The second kappa shape index (κ2) is 6.03. The summed E-state index contributed by atoms with van der Waals surface area (Å²) in [6, 6.07) is 0. The minimum atomic E-state index is -2.11. The molecule has 0 saturated carbocycles. The van der Waals surface area contributed by atoms with Crippen LogP contribution in [0, 0.1) is 16.7 Å². The molecule has 0 aliphatic heterocycles. The maximum absolute atomic E-state index is 12.5. The number of carboxylic acids is 2. The molecule has 0 aliphatic carbocycles. The van der Waals surface area contributed by atoms with Crippen LogP contribution in [0.4, 0.5) is 0 Å². The van der Waals surface area contributed by atoms with E-state index < -0.39 is 40.3 Å². The molecule has 2 atom stereocenters. The fraction of sp³-hybridized carbons (Fsp3) is 0.800. The summed E-state index contributed by atoms with van der Waals surface area (Å²) in [5, 5.41) is 19.1. The van der Waals surface area contributed by atoms with Gasteiger partial charge in [-0.05, 0) is 32.6 Å². The zero-order valence-corrected chi connectivity index (χ0v) is 13.8. The van der Waals surface area contributed by atoms with Crippen molar-refractivity contribution in [1.29, 1.82) is 0 Å². The van der Waals surface area contributed by atoms with Gasteiger partial charge in [0.15, 0.2) is 5.41 Å². The van der Waals surface area contributed by atoms with Crippen LogP contribution in [0.3, 0.4) is 0 Å². The van der Waals surface area contributed by atoms with Crippen molar-refractivity contribution in [3.8, 4) is 0 Å². The summed E-state index contributed by atoms with van der Waals surface area (Å²) >= 11 is 0. The Morgan fingerprint density at radius 3 is 1.62 bits per heavy atom. The zero-order chi connectivity index (χ0) is 17.2. The SMILES string of the molecule is CCC(C(=O)O)(C(=O)OC(C)(C)C)C(C(=O)O)C(C)(C)C. The van der Waals surface area contributed by atoms with Crippen molar-refractivity contribution in [3.63, 3.8) is 0 Å². The van der Waals surface area contributed by atoms with E-state index in [1.807, 2.05) is 0 Å². The van der Waals surface area contributed by atoms with E-state index in [0.717, 1.165) is 0 Å². The van der Waals surface area contributed by atoms with Crippen LogP contribution >= 0.6 is 0 Å². The van der Waals surface area contributed by atoms with Gasteiger partial charge < -0.3 is 14.9 Å². The number of aliphatic carboxylic acids is 2. The summed E-state index contributed by atoms with van der Waals surface area (Å²) in [4.78, 5) is 35.9. The van der Waals surface area contributed by atoms with Gasteiger partial charge in [-0.3, -0.25) is 14.4 Å². The summed E-state index contributed by atoms with van der Waals surface area (Å²) in [5.74, 6) is -5.20. The van der Waals surface area contributed by atoms with Crippen molar-refractivity contribution >= 4 is 17.9 Å². The molecular formula is C15H26O6. The number of carboxylic acid groups (broad SMARTS) is 2. The molecule has 0 bridgehead atoms. The predicted molar refractivity (Wildman–Crippen MR) is 76.8 cm³/mol. The van der Waals surface area contributed by atoms with Crippen molar-refractivity contribution in [2.45, 2.75) is 60.5 Å². The molecule has 0 aromatic rings. The van der Waals surface area contributed by atoms with E-state index in [2.05, 4.69) is 0 Å². The number of carbonyl (C=O) groups excluding carboxylic acids is 1. The van der Waals surface area contributed by atoms with Crippen molar-refractivity contribution in [2.24, 2.45) is 16.7 Å². The van der Waals surface area contributed by atoms with Crippen LogP contribution in [0.5, 0.6) is 0 Å². The standard InChI is InChI=1S/C15H26O6/c1-8-15(11(18)19,12(20)21-14(5,6)7)9(10(16)17)13(2,3)4/h9H,8H2,1-7H3,(H,16,17)(H,18,19). The largest absolute Gasteiger partial charge is 0.481 e. The van der Waals surface area contributed by atoms with Crippen LogP contribution in [0.2, 0.25) is 0 Å². The monoisotopic (exact) mass is 302 g/mol. The van der Waals surface area contributed by atoms with E-state index in [1.165, 1.54) is 6.92 Å². The molecule has 0 radical (unpaired) electrons. The van der Waals surface area contributed by atoms with Crippen LogP contribution in [-0.4, -0.2) is 33.7 Å². The van der Waals surface area contributed by atoms with E-state index in [1.54, 1.807) is 41.5 Å². The number of ether oxygens (including phenoxy) is 1. The minimum absolute atomic E-state index is 0.161. The van der Waals surface area contributed by atoms with Crippen LogP contribution in [0.15, 0.2) is 0 Å². The normalized spacial score (nSPS) is 16.7. The highest BCUT2D eigenvalue weighted by molar-refractivity contribution is 6.03. The van der Waals surface area contributed by atoms with Crippen molar-refractivity contribution in [1.82, 2.24) is 0 Å². The molecule has 0 aromatic carbocycles. The molecule has 0 aliphatic rings. The van der Waals surface area contributed by atoms with Crippen molar-refractivity contribution in [2.75, 3.05) is 0 Å². The first-order chi connectivity index (χ1) is 9.20. The number of hydrogen-bond donors (Lipinski definition) is 2. The van der Waals surface area contributed by atoms with Gasteiger partial charge in [0.05, 0.1) is 5.92 Å². The second-order valence-corrected chi connectivity index (χ2v) is 7.27. The molecule has 0 heterocycles. The fourth-order valence-corrected chi connectivity index (χ4v) is 2.52. The average molecular weight is 302 g/mol. The molecule has 0 fully saturated rings. The number of carbonyl (C=O) groups is 3. The number of esters is 1. The van der Waals surface area contributed by atoms with Crippen LogP contribution in [0.1, 0.15) is 54.9 Å². The number of rotatable bonds is 5. The summed E-state index contributed by atoms with van der Waals surface area (Å²) in [5.41, 5.74) is -3.93. The van der Waals surface area contributed by atoms with Gasteiger partial charge in [0.25, 0.3) is 0 Å². The van der Waals surface area contributed by atoms with Gasteiger partial charge in [-0.15, -0.1) is 0 Å². The third-order valence-corrected chi connectivity index (χ3v) is 3.31. The van der Waals surface area contributed by atoms with Gasteiger partial charge in [0.2, 0.25) is 0 Å². The molecule has 6 heteroatoms. The van der Waals surface area contributed by atoms with E-state index in [4.69, 9.17) is 4.74 Å². The predicted octanol–water partition coefficient (Wildman–Crippen LogP) is 2.56. The molecule has 2 unspecified atom stereocenters. The third-order valence-electron chi connectivity index (χ3n) is 3.31. The van der Waals surface area contributed by atoms with Gasteiger partial charge in [-0.25, -0.2) is 0 Å². The molecule has 0 rings (SSSR count). The molecule has 122 valence electrons. The van der Waals surface area contributed by atoms with Gasteiger partial charge in [-0.1, -0.05) is 27.7 Å². The maximum Gasteiger partial charge on any atom is 0.324 e. The Morgan fingerprint density at radius 2 is 1.43 bits per heavy atom. The lowest BCUT2D eigenvalue weighted by Gasteiger charge is -2.40. The Hall–Kier alpha value is -1.59. The molecule has 0 aromatic heterocycles. The molecule has 0 spiro atoms. The number of hydrogen-bond acceptors (Lipinski definition) is 4. The lowest BCUT2D eigenvalue weighted by atomic mass is 9.62. The third kappa shape index (κ3) is 4.19. The minimum Gasteiger partial charge on any atom is -0.481 e. The lowest BCUT2D eigenvalue weighted by molar-refractivity contribution is -0.191. The lowest BCUT2D eigenvalue weighted by Crippen LogP contribution is -2.55. The topological polar surface area (TPSA) is 101 Å². The summed E-state index contributed by atoms with van der Waals surface area (Å²) in [6.45, 7) is 11.1. The quantitative estimate of drug-likeness (QED) is 0.598. The highest BCUT2D eigenvalue weighted by Crippen LogP contribution is 2.45. The van der Waals surface area contributed by atoms with E-state index in [0.29, 0.717) is 0 Å². The molecule has 0 saturated heterocycles. The van der Waals surface area contributed by atoms with Crippen molar-refractivity contribution < 1.29 is 29.3 Å². The van der Waals surface area contributed by atoms with Gasteiger partial charge in [-0.2, -0.15) is 0 Å². The Labute approximate surface area is 125 Å². The van der Waals surface area contributed by atoms with Crippen molar-refractivity contribution in [3.05, 3.63) is 0 Å². The zero-order valence-electron chi connectivity index (χ0n) is 13.8. The summed E-state index contributed by atoms with van der Waals surface area (Å²) < 4.78 is 5.20. The first-order valence-corrected chi connectivity index (χ1v) is 6.89. The Balaban J connectivity index is 6.13. The van der Waals surface area contributed by atoms with Crippen LogP contribution in [0.25, 0.3) is 0 Å². The first-order valence-electron chi connectivity index (χ1n) is 6.89. The van der Waals surface area contributed by atoms with Gasteiger partial charge in [0, 0.05) is 0 Å². The summed E-state index contributed by atoms with van der Waals surface area (Å²) in [6.07, 6.45) is -0.161. The second-order valence-electron chi connectivity index (χ2n) is 7.27. The summed E-state index contributed by atoms with van der Waals surface area (Å²) in [7, 11) is 0. The van der Waals surface area contributed by atoms with Crippen LogP contribution in [-0.2, 0) is 19.1 Å². The highest BCUT2D eigenvalue weighted by atomic mass is 16.6. The molecule has 2 N–H and O–H groups in total. The van der Waals surface area contributed by atoms with E-state index >= 15 is 0 Å². The Morgan fingerprint density at radius 1 is 1.00 bits per heavy atom. The van der Waals surface area contributed by atoms with E-state index in [-0.39, 0.29) is 6.42 Å². The van der Waals surface area contributed by atoms with Gasteiger partial charge in [0.1, 0.15) is 5.60 Å². The maximum atomic E-state index is 12.5. The van der Waals surface area contributed by atoms with Gasteiger partial charge >= 0.3 is 17.9 Å². The van der Waals surface area contributed by atoms with Crippen LogP contribution < -0.4 is 0 Å². The molecule has 6 nitrogen and oxygen atoms in total. The smallest absolute Gasteiger partial charge is 0.324 e. The van der Waals surface area contributed by atoms with E-state index in [9.17, 15) is 24.6 Å². The fourth-order valence-electron chi connectivity index (χ4n) is 2.52. The average Bonchev–Trinajstić information content (AvgIpc) is 2.19. The highest BCUT2D eigenvalue weighted by Gasteiger charge is 2.60. The molecule has 21 heavy (non-hydrogen) atoms. The first kappa shape index (κ1) is 19.4. The Bertz CT molecular complexity index is 426. The Kier molecular flexibility index (Phi) is 5.58. The molecular weight excluding hydrogens is 276 g/mol.